The molecule has 1 unspecified atom stereocenters. The first kappa shape index (κ1) is 17.5. The molecule has 1 aromatic heterocycles. The summed E-state index contributed by atoms with van der Waals surface area (Å²) in [5.41, 5.74) is 0.922. The van der Waals surface area contributed by atoms with Gasteiger partial charge in [0.1, 0.15) is 0 Å². The van der Waals surface area contributed by atoms with Crippen molar-refractivity contribution in [1.82, 2.24) is 9.29 Å². The number of benzene rings is 1. The van der Waals surface area contributed by atoms with Gasteiger partial charge in [-0.25, -0.2) is 13.9 Å². The summed E-state index contributed by atoms with van der Waals surface area (Å²) in [6.45, 7) is 0.0343. The molecule has 1 aliphatic heterocycles. The first-order valence-corrected chi connectivity index (χ1v) is 9.93. The Bertz CT molecular complexity index is 926. The molecule has 5 nitrogen and oxygen atoms in total. The summed E-state index contributed by atoms with van der Waals surface area (Å²) in [7, 11) is -3.84. The maximum Gasteiger partial charge on any atom is 0.276 e. The first-order valence-electron chi connectivity index (χ1n) is 8.43. The van der Waals surface area contributed by atoms with Crippen LogP contribution < -0.4 is 5.14 Å². The highest BCUT2D eigenvalue weighted by atomic mass is 32.2. The molecule has 0 amide bonds. The molecule has 8 heteroatoms. The monoisotopic (exact) mass is 379 g/mol. The third kappa shape index (κ3) is 2.64. The number of alkyl halides is 2. The fraction of sp³-hybridized carbons (Fsp3) is 0.389. The average Bonchev–Trinajstić information content (AvgIpc) is 3.09. The summed E-state index contributed by atoms with van der Waals surface area (Å²) in [5, 5.41) is 5.12. The van der Waals surface area contributed by atoms with Gasteiger partial charge < -0.3 is 0 Å². The van der Waals surface area contributed by atoms with Crippen molar-refractivity contribution in [3.05, 3.63) is 54.4 Å². The van der Waals surface area contributed by atoms with E-state index in [0.29, 0.717) is 5.69 Å². The van der Waals surface area contributed by atoms with Gasteiger partial charge in [0.15, 0.2) is 0 Å². The van der Waals surface area contributed by atoms with E-state index < -0.39 is 27.5 Å². The minimum atomic E-state index is -3.84. The molecule has 2 heterocycles. The number of nitrogens with zero attached hydrogens (tertiary/aromatic N) is 2. The second-order valence-corrected chi connectivity index (χ2v) is 8.54. The van der Waals surface area contributed by atoms with Crippen molar-refractivity contribution in [2.24, 2.45) is 10.6 Å². The van der Waals surface area contributed by atoms with Crippen LogP contribution in [0.1, 0.15) is 24.5 Å². The molecule has 138 valence electrons. The van der Waals surface area contributed by atoms with E-state index in [4.69, 9.17) is 5.14 Å². The average molecular weight is 379 g/mol. The molecule has 1 atom stereocenters. The predicted octanol–water partition coefficient (Wildman–Crippen LogP) is 2.77. The van der Waals surface area contributed by atoms with Gasteiger partial charge in [-0.15, -0.1) is 0 Å². The van der Waals surface area contributed by atoms with Crippen LogP contribution in [0.25, 0.3) is 11.1 Å². The Morgan fingerprint density at radius 3 is 2.35 bits per heavy atom. The molecule has 1 saturated heterocycles. The van der Waals surface area contributed by atoms with Crippen molar-refractivity contribution in [3.8, 4) is 11.1 Å². The lowest BCUT2D eigenvalue weighted by Crippen LogP contribution is -2.43. The SMILES string of the molecule is NS(=O)(=O)N1CCC2(CC1)C(c1cc(-c3ccccc3)ccn1)C2(F)F. The van der Waals surface area contributed by atoms with E-state index in [2.05, 4.69) is 4.98 Å². The Hall–Kier alpha value is -1.90. The largest absolute Gasteiger partial charge is 0.276 e. The minimum absolute atomic E-state index is 0.0172. The molecule has 2 N–H and O–H groups in total. The van der Waals surface area contributed by atoms with E-state index in [9.17, 15) is 17.2 Å². The molecule has 1 aromatic carbocycles. The number of halogens is 2. The minimum Gasteiger partial charge on any atom is -0.261 e. The number of piperidine rings is 1. The number of rotatable bonds is 3. The molecule has 2 fully saturated rings. The van der Waals surface area contributed by atoms with Crippen molar-refractivity contribution in [1.29, 1.82) is 0 Å². The molecule has 1 spiro atoms. The Labute approximate surface area is 151 Å². The molecule has 0 bridgehead atoms. The Balaban J connectivity index is 1.61. The summed E-state index contributed by atoms with van der Waals surface area (Å²) in [4.78, 5) is 4.20. The van der Waals surface area contributed by atoms with Gasteiger partial charge in [-0.2, -0.15) is 12.7 Å². The van der Waals surface area contributed by atoms with Crippen LogP contribution in [-0.4, -0.2) is 36.7 Å². The zero-order valence-electron chi connectivity index (χ0n) is 14.0. The molecular weight excluding hydrogens is 360 g/mol. The number of aromatic nitrogens is 1. The maximum absolute atomic E-state index is 14.7. The highest BCUT2D eigenvalue weighted by molar-refractivity contribution is 7.86. The second-order valence-electron chi connectivity index (χ2n) is 6.99. The molecule has 0 radical (unpaired) electrons. The highest BCUT2D eigenvalue weighted by Crippen LogP contribution is 2.75. The Morgan fingerprint density at radius 1 is 1.08 bits per heavy atom. The third-order valence-corrected chi connectivity index (χ3v) is 6.74. The van der Waals surface area contributed by atoms with E-state index >= 15 is 0 Å². The highest BCUT2D eigenvalue weighted by Gasteiger charge is 2.81. The van der Waals surface area contributed by atoms with Crippen molar-refractivity contribution in [2.45, 2.75) is 24.7 Å². The maximum atomic E-state index is 14.7. The van der Waals surface area contributed by atoms with Gasteiger partial charge in [-0.3, -0.25) is 4.98 Å². The summed E-state index contributed by atoms with van der Waals surface area (Å²) in [6, 6.07) is 13.0. The lowest BCUT2D eigenvalue weighted by atomic mass is 9.90. The number of hydrogen-bond acceptors (Lipinski definition) is 3. The van der Waals surface area contributed by atoms with Gasteiger partial charge in [0, 0.05) is 19.3 Å². The quantitative estimate of drug-likeness (QED) is 0.891. The topological polar surface area (TPSA) is 76.3 Å². The van der Waals surface area contributed by atoms with E-state index in [0.717, 1.165) is 15.4 Å². The third-order valence-electron chi connectivity index (χ3n) is 5.65. The summed E-state index contributed by atoms with van der Waals surface area (Å²) in [6.07, 6.45) is 1.72. The van der Waals surface area contributed by atoms with Crippen LogP contribution in [0.4, 0.5) is 8.78 Å². The number of hydrogen-bond donors (Lipinski definition) is 1. The second kappa shape index (κ2) is 5.80. The number of pyridine rings is 1. The zero-order valence-corrected chi connectivity index (χ0v) is 14.8. The fourth-order valence-electron chi connectivity index (χ4n) is 4.16. The van der Waals surface area contributed by atoms with Crippen molar-refractivity contribution in [3.63, 3.8) is 0 Å². The fourth-order valence-corrected chi connectivity index (χ4v) is 4.85. The van der Waals surface area contributed by atoms with Crippen LogP contribution in [0.2, 0.25) is 0 Å². The predicted molar refractivity (Wildman–Crippen MR) is 93.7 cm³/mol. The van der Waals surface area contributed by atoms with Crippen molar-refractivity contribution in [2.75, 3.05) is 13.1 Å². The van der Waals surface area contributed by atoms with Crippen molar-refractivity contribution >= 4 is 10.2 Å². The summed E-state index contributed by atoms with van der Waals surface area (Å²) in [5.74, 6) is -3.87. The Morgan fingerprint density at radius 2 is 1.73 bits per heavy atom. The van der Waals surface area contributed by atoms with Crippen LogP contribution in [0.5, 0.6) is 0 Å². The molecule has 1 aliphatic carbocycles. The van der Waals surface area contributed by atoms with E-state index in [1.807, 2.05) is 30.3 Å². The van der Waals surface area contributed by atoms with Gasteiger partial charge in [0.25, 0.3) is 16.1 Å². The molecule has 1 saturated carbocycles. The Kier molecular flexibility index (Phi) is 3.91. The number of nitrogens with two attached hydrogens (primary N) is 1. The van der Waals surface area contributed by atoms with Gasteiger partial charge in [0.05, 0.1) is 17.0 Å². The lowest BCUT2D eigenvalue weighted by Gasteiger charge is -2.30. The van der Waals surface area contributed by atoms with Gasteiger partial charge in [-0.1, -0.05) is 30.3 Å². The molecule has 2 aromatic rings. The van der Waals surface area contributed by atoms with Crippen LogP contribution in [0.15, 0.2) is 48.7 Å². The molecular formula is C18H19F2N3O2S. The summed E-state index contributed by atoms with van der Waals surface area (Å²) < 4.78 is 53.4. The van der Waals surface area contributed by atoms with Crippen LogP contribution >= 0.6 is 0 Å². The molecule has 2 aliphatic rings. The van der Waals surface area contributed by atoms with Gasteiger partial charge >= 0.3 is 0 Å². The zero-order chi connectivity index (χ0) is 18.6. The van der Waals surface area contributed by atoms with E-state index in [-0.39, 0.29) is 25.9 Å². The van der Waals surface area contributed by atoms with E-state index in [1.54, 1.807) is 18.3 Å². The molecule has 4 rings (SSSR count). The lowest BCUT2D eigenvalue weighted by molar-refractivity contribution is 0.0412. The van der Waals surface area contributed by atoms with Gasteiger partial charge in [0.2, 0.25) is 0 Å². The van der Waals surface area contributed by atoms with Crippen LogP contribution in [0, 0.1) is 5.41 Å². The smallest absolute Gasteiger partial charge is 0.261 e. The van der Waals surface area contributed by atoms with Gasteiger partial charge in [-0.05, 0) is 36.1 Å². The normalized spacial score (nSPS) is 24.5. The summed E-state index contributed by atoms with van der Waals surface area (Å²) >= 11 is 0. The van der Waals surface area contributed by atoms with Crippen molar-refractivity contribution < 1.29 is 17.2 Å². The van der Waals surface area contributed by atoms with Crippen LogP contribution in [0.3, 0.4) is 0 Å². The van der Waals surface area contributed by atoms with E-state index in [1.165, 1.54) is 0 Å². The molecule has 26 heavy (non-hydrogen) atoms. The first-order chi connectivity index (χ1) is 12.3. The standard InChI is InChI=1S/C18H19F2N3O2S/c19-18(20)16(17(18)7-10-23(11-8-17)26(21,24)25)15-12-14(6-9-22-15)13-4-2-1-3-5-13/h1-6,9,12,16H,7-8,10-11H2,(H2,21,24,25). The van der Waals surface area contributed by atoms with Crippen LogP contribution in [-0.2, 0) is 10.2 Å².